The summed E-state index contributed by atoms with van der Waals surface area (Å²) < 4.78 is 7.85. The van der Waals surface area contributed by atoms with E-state index in [2.05, 4.69) is 27.1 Å². The Kier molecular flexibility index (Phi) is 6.83. The van der Waals surface area contributed by atoms with Crippen molar-refractivity contribution in [3.05, 3.63) is 65.7 Å². The molecule has 0 aliphatic carbocycles. The van der Waals surface area contributed by atoms with Gasteiger partial charge < -0.3 is 15.0 Å². The molecule has 2 aliphatic heterocycles. The summed E-state index contributed by atoms with van der Waals surface area (Å²) in [5.41, 5.74) is 6.31. The van der Waals surface area contributed by atoms with Gasteiger partial charge in [0.2, 0.25) is 5.91 Å². The molecule has 0 bridgehead atoms. The van der Waals surface area contributed by atoms with Crippen molar-refractivity contribution < 1.29 is 14.3 Å². The Balaban J connectivity index is 1.42. The van der Waals surface area contributed by atoms with Gasteiger partial charge in [-0.15, -0.1) is 0 Å². The average molecular weight is 525 g/mol. The largest absolute Gasteiger partial charge is 0.381 e. The van der Waals surface area contributed by atoms with Crippen molar-refractivity contribution in [3.63, 3.8) is 0 Å². The Morgan fingerprint density at radius 2 is 1.95 bits per heavy atom. The van der Waals surface area contributed by atoms with Crippen molar-refractivity contribution in [2.75, 3.05) is 26.8 Å². The van der Waals surface area contributed by atoms with Gasteiger partial charge in [0.05, 0.1) is 17.4 Å². The van der Waals surface area contributed by atoms with Crippen LogP contribution in [0.3, 0.4) is 0 Å². The summed E-state index contributed by atoms with van der Waals surface area (Å²) in [5.74, 6) is -0.0499. The van der Waals surface area contributed by atoms with Gasteiger partial charge in [0, 0.05) is 86.4 Å². The van der Waals surface area contributed by atoms with E-state index in [1.807, 2.05) is 36.2 Å². The summed E-state index contributed by atoms with van der Waals surface area (Å²) in [6.07, 6.45) is 6.76. The number of carbonyl (C=O) groups is 2. The van der Waals surface area contributed by atoms with Crippen LogP contribution < -0.4 is 5.32 Å². The standard InChI is InChI=1S/C30H32N6O3/c1-3-28(37)35-12-9-27-24(18-35)29(34-36(27)21-10-13-39-14-11-21)22-6-4-5-19-15-26(33-17-23(19)22)20-7-8-25(32-16-20)30(38)31-2/h4-8,15-17,21H,3,9-14,18H2,1-2H3,(H,31,38). The summed E-state index contributed by atoms with van der Waals surface area (Å²) in [4.78, 5) is 35.5. The van der Waals surface area contributed by atoms with Gasteiger partial charge in [0.1, 0.15) is 5.69 Å². The van der Waals surface area contributed by atoms with Crippen molar-refractivity contribution in [3.8, 4) is 22.5 Å². The number of pyridine rings is 2. The molecule has 1 N–H and O–H groups in total. The van der Waals surface area contributed by atoms with Gasteiger partial charge in [-0.2, -0.15) is 5.10 Å². The number of ether oxygens (including phenoxy) is 1. The molecule has 1 saturated heterocycles. The lowest BCUT2D eigenvalue weighted by Crippen LogP contribution is -2.36. The van der Waals surface area contributed by atoms with E-state index in [0.29, 0.717) is 24.7 Å². The number of nitrogens with zero attached hydrogens (tertiary/aromatic N) is 5. The van der Waals surface area contributed by atoms with Crippen LogP contribution >= 0.6 is 0 Å². The Morgan fingerprint density at radius 1 is 1.10 bits per heavy atom. The number of carbonyl (C=O) groups excluding carboxylic acids is 2. The Hall–Kier alpha value is -4.11. The van der Waals surface area contributed by atoms with Crippen LogP contribution in [0.25, 0.3) is 33.3 Å². The third-order valence-corrected chi connectivity index (χ3v) is 7.82. The molecule has 9 nitrogen and oxygen atoms in total. The third-order valence-electron chi connectivity index (χ3n) is 7.82. The second-order valence-electron chi connectivity index (χ2n) is 10.1. The normalized spacial score (nSPS) is 15.8. The molecular weight excluding hydrogens is 492 g/mol. The summed E-state index contributed by atoms with van der Waals surface area (Å²) >= 11 is 0. The van der Waals surface area contributed by atoms with Crippen LogP contribution in [0.1, 0.15) is 54.0 Å². The zero-order valence-electron chi connectivity index (χ0n) is 22.3. The highest BCUT2D eigenvalue weighted by Gasteiger charge is 2.31. The minimum atomic E-state index is -0.222. The monoisotopic (exact) mass is 524 g/mol. The molecule has 2 aliphatic rings. The van der Waals surface area contributed by atoms with Crippen LogP contribution in [0.5, 0.6) is 0 Å². The van der Waals surface area contributed by atoms with Crippen LogP contribution in [0.4, 0.5) is 0 Å². The number of aromatic nitrogens is 4. The van der Waals surface area contributed by atoms with Gasteiger partial charge >= 0.3 is 0 Å². The molecule has 2 amide bonds. The van der Waals surface area contributed by atoms with Gasteiger partial charge in [-0.1, -0.05) is 25.1 Å². The maximum Gasteiger partial charge on any atom is 0.269 e. The molecule has 6 rings (SSSR count). The highest BCUT2D eigenvalue weighted by atomic mass is 16.5. The predicted octanol–water partition coefficient (Wildman–Crippen LogP) is 4.17. The molecule has 0 spiro atoms. The molecule has 4 aromatic rings. The minimum Gasteiger partial charge on any atom is -0.381 e. The fraction of sp³-hybridized carbons (Fsp3) is 0.367. The Bertz CT molecular complexity index is 1540. The average Bonchev–Trinajstić information content (AvgIpc) is 3.39. The second kappa shape index (κ2) is 10.6. The highest BCUT2D eigenvalue weighted by molar-refractivity contribution is 5.98. The van der Waals surface area contributed by atoms with Gasteiger partial charge in [-0.3, -0.25) is 24.2 Å². The van der Waals surface area contributed by atoms with Crippen molar-refractivity contribution in [1.29, 1.82) is 0 Å². The van der Waals surface area contributed by atoms with E-state index in [4.69, 9.17) is 14.8 Å². The molecule has 0 unspecified atom stereocenters. The van der Waals surface area contributed by atoms with Crippen molar-refractivity contribution in [2.45, 2.75) is 45.2 Å². The number of hydrogen-bond acceptors (Lipinski definition) is 6. The van der Waals surface area contributed by atoms with Crippen LogP contribution in [0, 0.1) is 0 Å². The number of amides is 2. The Morgan fingerprint density at radius 3 is 2.69 bits per heavy atom. The molecule has 0 saturated carbocycles. The van der Waals surface area contributed by atoms with E-state index in [1.54, 1.807) is 19.3 Å². The van der Waals surface area contributed by atoms with E-state index in [1.165, 1.54) is 5.69 Å². The predicted molar refractivity (Wildman–Crippen MR) is 148 cm³/mol. The van der Waals surface area contributed by atoms with E-state index >= 15 is 0 Å². The summed E-state index contributed by atoms with van der Waals surface area (Å²) in [7, 11) is 1.59. The first kappa shape index (κ1) is 25.2. The summed E-state index contributed by atoms with van der Waals surface area (Å²) in [6, 6.07) is 12.1. The van der Waals surface area contributed by atoms with Crippen LogP contribution in [-0.4, -0.2) is 63.3 Å². The quantitative estimate of drug-likeness (QED) is 0.421. The number of rotatable bonds is 5. The van der Waals surface area contributed by atoms with Crippen molar-refractivity contribution in [1.82, 2.24) is 30.0 Å². The lowest BCUT2D eigenvalue weighted by atomic mass is 9.96. The maximum atomic E-state index is 12.6. The molecule has 39 heavy (non-hydrogen) atoms. The molecule has 200 valence electrons. The molecule has 0 radical (unpaired) electrons. The third kappa shape index (κ3) is 4.67. The molecule has 5 heterocycles. The molecule has 0 atom stereocenters. The van der Waals surface area contributed by atoms with Crippen LogP contribution in [0.15, 0.2) is 48.8 Å². The number of hydrogen-bond donors (Lipinski definition) is 1. The molecule has 9 heteroatoms. The first-order valence-corrected chi connectivity index (χ1v) is 13.6. The molecule has 1 aromatic carbocycles. The maximum absolute atomic E-state index is 12.6. The van der Waals surface area contributed by atoms with Gasteiger partial charge in [-0.25, -0.2) is 0 Å². The summed E-state index contributed by atoms with van der Waals surface area (Å²) in [5, 5.41) is 9.86. The highest BCUT2D eigenvalue weighted by Crippen LogP contribution is 2.37. The van der Waals surface area contributed by atoms with E-state index in [0.717, 1.165) is 77.9 Å². The first-order valence-electron chi connectivity index (χ1n) is 13.6. The number of benzene rings is 1. The van der Waals surface area contributed by atoms with Crippen LogP contribution in [0.2, 0.25) is 0 Å². The molecule has 3 aromatic heterocycles. The van der Waals surface area contributed by atoms with Crippen molar-refractivity contribution in [2.24, 2.45) is 0 Å². The summed E-state index contributed by atoms with van der Waals surface area (Å²) in [6.45, 7) is 4.71. The fourth-order valence-electron chi connectivity index (χ4n) is 5.67. The molecular formula is C30H32N6O3. The van der Waals surface area contributed by atoms with Gasteiger partial charge in [0.15, 0.2) is 0 Å². The van der Waals surface area contributed by atoms with Gasteiger partial charge in [0.25, 0.3) is 5.91 Å². The first-order chi connectivity index (χ1) is 19.1. The smallest absolute Gasteiger partial charge is 0.269 e. The minimum absolute atomic E-state index is 0.172. The van der Waals surface area contributed by atoms with Crippen molar-refractivity contribution >= 4 is 22.6 Å². The fourth-order valence-corrected chi connectivity index (χ4v) is 5.67. The molecule has 1 fully saturated rings. The van der Waals surface area contributed by atoms with E-state index in [9.17, 15) is 9.59 Å². The SMILES string of the molecule is CCC(=O)N1CCc2c(c(-c3cccc4cc(-c5ccc(C(=O)NC)nc5)ncc34)nn2C2CCOCC2)C1. The van der Waals surface area contributed by atoms with Crippen LogP contribution in [-0.2, 0) is 22.5 Å². The zero-order valence-corrected chi connectivity index (χ0v) is 22.3. The lowest BCUT2D eigenvalue weighted by Gasteiger charge is -2.30. The van der Waals surface area contributed by atoms with E-state index < -0.39 is 0 Å². The van der Waals surface area contributed by atoms with Gasteiger partial charge in [-0.05, 0) is 36.4 Å². The Labute approximate surface area is 227 Å². The van der Waals surface area contributed by atoms with E-state index in [-0.39, 0.29) is 11.8 Å². The lowest BCUT2D eigenvalue weighted by molar-refractivity contribution is -0.131. The second-order valence-corrected chi connectivity index (χ2v) is 10.1. The number of fused-ring (bicyclic) bond motifs is 2. The number of nitrogens with one attached hydrogen (secondary N) is 1. The zero-order chi connectivity index (χ0) is 26.9. The topological polar surface area (TPSA) is 102 Å².